The summed E-state index contributed by atoms with van der Waals surface area (Å²) < 4.78 is 5.16. The minimum absolute atomic E-state index is 0.0129. The van der Waals surface area contributed by atoms with E-state index in [0.29, 0.717) is 6.61 Å². The van der Waals surface area contributed by atoms with Crippen molar-refractivity contribution < 1.29 is 19.4 Å². The molecule has 0 bridgehead atoms. The Bertz CT molecular complexity index is 350. The van der Waals surface area contributed by atoms with Gasteiger partial charge in [0.1, 0.15) is 6.04 Å². The molecule has 0 aliphatic heterocycles. The maximum absolute atomic E-state index is 11.8. The summed E-state index contributed by atoms with van der Waals surface area (Å²) in [7, 11) is 0. The van der Waals surface area contributed by atoms with Gasteiger partial charge in [-0.2, -0.15) is 0 Å². The Kier molecular flexibility index (Phi) is 7.87. The van der Waals surface area contributed by atoms with Gasteiger partial charge in [-0.05, 0) is 37.5 Å². The molecule has 120 valence electrons. The van der Waals surface area contributed by atoms with Gasteiger partial charge in [-0.25, -0.2) is 9.59 Å². The molecule has 0 aromatic rings. The van der Waals surface area contributed by atoms with Gasteiger partial charge in [-0.15, -0.1) is 6.58 Å². The number of carboxylic acids is 1. The van der Waals surface area contributed by atoms with Crippen LogP contribution in [0.5, 0.6) is 0 Å². The van der Waals surface area contributed by atoms with E-state index in [0.717, 1.165) is 44.9 Å². The van der Waals surface area contributed by atoms with E-state index in [1.165, 1.54) is 0 Å². The number of amides is 1. The maximum Gasteiger partial charge on any atom is 0.407 e. The first-order valence-corrected chi connectivity index (χ1v) is 7.85. The Morgan fingerprint density at radius 1 is 1.38 bits per heavy atom. The van der Waals surface area contributed by atoms with Crippen LogP contribution in [0.25, 0.3) is 0 Å². The highest BCUT2D eigenvalue weighted by Gasteiger charge is 2.31. The van der Waals surface area contributed by atoms with Gasteiger partial charge in [0.05, 0.1) is 6.61 Å². The quantitative estimate of drug-likeness (QED) is 0.674. The van der Waals surface area contributed by atoms with E-state index in [9.17, 15) is 14.7 Å². The fraction of sp³-hybridized carbons (Fsp3) is 0.750. The highest BCUT2D eigenvalue weighted by molar-refractivity contribution is 5.80. The van der Waals surface area contributed by atoms with E-state index in [1.54, 1.807) is 6.08 Å². The molecule has 0 radical (unpaired) electrons. The minimum Gasteiger partial charge on any atom is -0.480 e. The number of aliphatic carboxylic acids is 1. The second-order valence-corrected chi connectivity index (χ2v) is 5.76. The van der Waals surface area contributed by atoms with Crippen LogP contribution in [0.3, 0.4) is 0 Å². The number of hydrogen-bond acceptors (Lipinski definition) is 3. The summed E-state index contributed by atoms with van der Waals surface area (Å²) in [5.74, 6) is -0.720. The lowest BCUT2D eigenvalue weighted by Gasteiger charge is -2.27. The lowest BCUT2D eigenvalue weighted by atomic mass is 9.84. The molecule has 21 heavy (non-hydrogen) atoms. The third kappa shape index (κ3) is 6.19. The number of ether oxygens (including phenoxy) is 1. The first kappa shape index (κ1) is 17.5. The molecular formula is C16H27NO4. The third-order valence-electron chi connectivity index (χ3n) is 4.19. The lowest BCUT2D eigenvalue weighted by Crippen LogP contribution is -2.47. The Balaban J connectivity index is 2.44. The van der Waals surface area contributed by atoms with Crippen molar-refractivity contribution in [2.24, 2.45) is 11.8 Å². The summed E-state index contributed by atoms with van der Waals surface area (Å²) in [6.07, 6.45) is 7.76. The largest absolute Gasteiger partial charge is 0.480 e. The van der Waals surface area contributed by atoms with Crippen LogP contribution in [-0.4, -0.2) is 29.8 Å². The molecule has 2 atom stereocenters. The number of allylic oxidation sites excluding steroid dienone is 1. The van der Waals surface area contributed by atoms with Gasteiger partial charge in [-0.1, -0.05) is 32.3 Å². The molecule has 1 saturated carbocycles. The van der Waals surface area contributed by atoms with Gasteiger partial charge < -0.3 is 15.2 Å². The molecule has 1 amide bonds. The average Bonchev–Trinajstić information content (AvgIpc) is 2.49. The molecule has 1 unspecified atom stereocenters. The second kappa shape index (κ2) is 9.42. The SMILES string of the molecule is C=CCC(CC)COC(=O)N[C@H](C(=O)O)C1CCCCC1. The summed E-state index contributed by atoms with van der Waals surface area (Å²) >= 11 is 0. The second-order valence-electron chi connectivity index (χ2n) is 5.76. The summed E-state index contributed by atoms with van der Waals surface area (Å²) in [6.45, 7) is 6.00. The number of nitrogens with one attached hydrogen (secondary N) is 1. The number of carbonyl (C=O) groups excluding carboxylic acids is 1. The van der Waals surface area contributed by atoms with Gasteiger partial charge in [0, 0.05) is 0 Å². The number of carboxylic acid groups (broad SMARTS) is 1. The fourth-order valence-corrected chi connectivity index (χ4v) is 2.80. The standard InChI is InChI=1S/C16H27NO4/c1-3-8-12(4-2)11-21-16(20)17-14(15(18)19)13-9-6-5-7-10-13/h3,12-14H,1,4-11H2,2H3,(H,17,20)(H,18,19)/t12?,14-/m0/s1. The molecule has 5 nitrogen and oxygen atoms in total. The fourth-order valence-electron chi connectivity index (χ4n) is 2.80. The van der Waals surface area contributed by atoms with Crippen LogP contribution in [0, 0.1) is 11.8 Å². The topological polar surface area (TPSA) is 75.6 Å². The molecule has 0 spiro atoms. The molecule has 1 rings (SSSR count). The van der Waals surface area contributed by atoms with Crippen molar-refractivity contribution in [3.63, 3.8) is 0 Å². The smallest absolute Gasteiger partial charge is 0.407 e. The molecule has 5 heteroatoms. The van der Waals surface area contributed by atoms with E-state index >= 15 is 0 Å². The van der Waals surface area contributed by atoms with Gasteiger partial charge >= 0.3 is 12.1 Å². The van der Waals surface area contributed by atoms with E-state index in [4.69, 9.17) is 4.74 Å². The third-order valence-corrected chi connectivity index (χ3v) is 4.19. The summed E-state index contributed by atoms with van der Waals surface area (Å²) in [4.78, 5) is 23.2. The van der Waals surface area contributed by atoms with E-state index in [1.807, 2.05) is 6.92 Å². The van der Waals surface area contributed by atoms with Crippen molar-refractivity contribution in [3.8, 4) is 0 Å². The van der Waals surface area contributed by atoms with Crippen LogP contribution in [0.15, 0.2) is 12.7 Å². The number of carbonyl (C=O) groups is 2. The predicted octanol–water partition coefficient (Wildman–Crippen LogP) is 3.35. The normalized spacial score (nSPS) is 18.5. The molecule has 1 aliphatic carbocycles. The first-order valence-electron chi connectivity index (χ1n) is 7.85. The highest BCUT2D eigenvalue weighted by Crippen LogP contribution is 2.26. The Morgan fingerprint density at radius 3 is 2.57 bits per heavy atom. The highest BCUT2D eigenvalue weighted by atomic mass is 16.5. The zero-order chi connectivity index (χ0) is 15.7. The number of hydrogen-bond donors (Lipinski definition) is 2. The molecule has 0 saturated heterocycles. The molecule has 2 N–H and O–H groups in total. The predicted molar refractivity (Wildman–Crippen MR) is 81.1 cm³/mol. The van der Waals surface area contributed by atoms with Gasteiger partial charge in [0.15, 0.2) is 0 Å². The molecular weight excluding hydrogens is 270 g/mol. The Hall–Kier alpha value is -1.52. The lowest BCUT2D eigenvalue weighted by molar-refractivity contribution is -0.141. The summed E-state index contributed by atoms with van der Waals surface area (Å²) in [6, 6.07) is -0.836. The van der Waals surface area contributed by atoms with Crippen molar-refractivity contribution >= 4 is 12.1 Å². The van der Waals surface area contributed by atoms with Gasteiger partial charge in [0.25, 0.3) is 0 Å². The summed E-state index contributed by atoms with van der Waals surface area (Å²) in [5.41, 5.74) is 0. The van der Waals surface area contributed by atoms with E-state index in [2.05, 4.69) is 11.9 Å². The zero-order valence-electron chi connectivity index (χ0n) is 12.8. The number of rotatable bonds is 8. The zero-order valence-corrected chi connectivity index (χ0v) is 12.8. The molecule has 1 aliphatic rings. The number of alkyl carbamates (subject to hydrolysis) is 1. The van der Waals surface area contributed by atoms with Gasteiger partial charge in [0.2, 0.25) is 0 Å². The van der Waals surface area contributed by atoms with Crippen molar-refractivity contribution in [1.29, 1.82) is 0 Å². The van der Waals surface area contributed by atoms with Crippen molar-refractivity contribution in [2.75, 3.05) is 6.61 Å². The van der Waals surface area contributed by atoms with Crippen LogP contribution in [-0.2, 0) is 9.53 Å². The molecule has 0 aromatic heterocycles. The van der Waals surface area contributed by atoms with Crippen LogP contribution in [0.1, 0.15) is 51.9 Å². The van der Waals surface area contributed by atoms with Crippen molar-refractivity contribution in [2.45, 2.75) is 57.9 Å². The van der Waals surface area contributed by atoms with Gasteiger partial charge in [-0.3, -0.25) is 0 Å². The molecule has 0 aromatic carbocycles. The van der Waals surface area contributed by atoms with Crippen LogP contribution in [0.2, 0.25) is 0 Å². The van der Waals surface area contributed by atoms with Crippen LogP contribution < -0.4 is 5.32 Å². The monoisotopic (exact) mass is 297 g/mol. The maximum atomic E-state index is 11.8. The van der Waals surface area contributed by atoms with Crippen molar-refractivity contribution in [1.82, 2.24) is 5.32 Å². The van der Waals surface area contributed by atoms with E-state index in [-0.39, 0.29) is 11.8 Å². The van der Waals surface area contributed by atoms with Crippen LogP contribution in [0.4, 0.5) is 4.79 Å². The van der Waals surface area contributed by atoms with Crippen molar-refractivity contribution in [3.05, 3.63) is 12.7 Å². The Morgan fingerprint density at radius 2 is 2.05 bits per heavy atom. The minimum atomic E-state index is -0.975. The van der Waals surface area contributed by atoms with E-state index < -0.39 is 18.1 Å². The van der Waals surface area contributed by atoms with Crippen LogP contribution >= 0.6 is 0 Å². The molecule has 0 heterocycles. The average molecular weight is 297 g/mol. The summed E-state index contributed by atoms with van der Waals surface area (Å²) in [5, 5.41) is 11.8. The molecule has 1 fully saturated rings. The first-order chi connectivity index (χ1) is 10.1. The Labute approximate surface area is 126 Å².